The number of hydrogen-bond acceptors (Lipinski definition) is 4. The van der Waals surface area contributed by atoms with Crippen molar-refractivity contribution in [2.45, 2.75) is 25.3 Å². The first-order chi connectivity index (χ1) is 9.59. The van der Waals surface area contributed by atoms with Gasteiger partial charge in [0.15, 0.2) is 0 Å². The standard InChI is InChI=1S/C13H18ClN3O3S/c1-13(15,8-3-4-8)12(18)16-9-5-6-11(10(14)7-9)17-21(2,19)20/h5-8,17H,3-4,15H2,1-2H3,(H,16,18). The molecular weight excluding hydrogens is 314 g/mol. The van der Waals surface area contributed by atoms with E-state index in [1.165, 1.54) is 12.1 Å². The lowest BCUT2D eigenvalue weighted by Gasteiger charge is -2.23. The van der Waals surface area contributed by atoms with E-state index >= 15 is 0 Å². The lowest BCUT2D eigenvalue weighted by atomic mass is 9.96. The van der Waals surface area contributed by atoms with Crippen molar-refractivity contribution < 1.29 is 13.2 Å². The zero-order valence-corrected chi connectivity index (χ0v) is 13.4. The third-order valence-corrected chi connectivity index (χ3v) is 4.34. The number of amides is 1. The summed E-state index contributed by atoms with van der Waals surface area (Å²) >= 11 is 6.00. The number of anilines is 2. The Morgan fingerprint density at radius 3 is 2.52 bits per heavy atom. The molecule has 2 rings (SSSR count). The number of hydrogen-bond donors (Lipinski definition) is 3. The van der Waals surface area contributed by atoms with Crippen molar-refractivity contribution in [2.75, 3.05) is 16.3 Å². The molecule has 1 fully saturated rings. The van der Waals surface area contributed by atoms with E-state index in [1.54, 1.807) is 13.0 Å². The number of nitrogens with two attached hydrogens (primary N) is 1. The van der Waals surface area contributed by atoms with E-state index in [2.05, 4.69) is 10.0 Å². The molecule has 1 aliphatic rings. The molecule has 6 nitrogen and oxygen atoms in total. The smallest absolute Gasteiger partial charge is 0.244 e. The third-order valence-electron chi connectivity index (χ3n) is 3.44. The average Bonchev–Trinajstić information content (AvgIpc) is 3.15. The van der Waals surface area contributed by atoms with Crippen LogP contribution in [0.25, 0.3) is 0 Å². The predicted octanol–water partition coefficient (Wildman–Crippen LogP) is 1.78. The van der Waals surface area contributed by atoms with Crippen molar-refractivity contribution in [3.8, 4) is 0 Å². The van der Waals surface area contributed by atoms with Crippen LogP contribution in [0.15, 0.2) is 18.2 Å². The van der Waals surface area contributed by atoms with E-state index in [-0.39, 0.29) is 22.5 Å². The van der Waals surface area contributed by atoms with Crippen LogP contribution in [-0.2, 0) is 14.8 Å². The number of nitrogens with one attached hydrogen (secondary N) is 2. The molecule has 1 aromatic carbocycles. The highest BCUT2D eigenvalue weighted by atomic mass is 35.5. The average molecular weight is 332 g/mol. The molecule has 1 amide bonds. The Morgan fingerprint density at radius 2 is 2.05 bits per heavy atom. The Morgan fingerprint density at radius 1 is 1.43 bits per heavy atom. The summed E-state index contributed by atoms with van der Waals surface area (Å²) in [7, 11) is -3.40. The summed E-state index contributed by atoms with van der Waals surface area (Å²) in [5, 5.41) is 2.91. The summed E-state index contributed by atoms with van der Waals surface area (Å²) in [5.41, 5.74) is 5.85. The summed E-state index contributed by atoms with van der Waals surface area (Å²) < 4.78 is 24.6. The summed E-state index contributed by atoms with van der Waals surface area (Å²) in [5.74, 6) is -0.0657. The van der Waals surface area contributed by atoms with E-state index in [1.807, 2.05) is 0 Å². The number of rotatable bonds is 5. The maximum absolute atomic E-state index is 12.1. The van der Waals surface area contributed by atoms with Gasteiger partial charge in [-0.05, 0) is 43.9 Å². The number of carbonyl (C=O) groups excluding carboxylic acids is 1. The Labute approximate surface area is 129 Å². The minimum atomic E-state index is -3.40. The quantitative estimate of drug-likeness (QED) is 0.765. The minimum Gasteiger partial charge on any atom is -0.324 e. The van der Waals surface area contributed by atoms with Crippen LogP contribution in [0.5, 0.6) is 0 Å². The summed E-state index contributed by atoms with van der Waals surface area (Å²) in [6, 6.07) is 4.54. The van der Waals surface area contributed by atoms with Gasteiger partial charge in [0.2, 0.25) is 15.9 Å². The van der Waals surface area contributed by atoms with E-state index in [9.17, 15) is 13.2 Å². The minimum absolute atomic E-state index is 0.198. The molecule has 21 heavy (non-hydrogen) atoms. The van der Waals surface area contributed by atoms with Gasteiger partial charge in [0.05, 0.1) is 22.5 Å². The molecule has 1 aromatic rings. The summed E-state index contributed by atoms with van der Waals surface area (Å²) in [6.07, 6.45) is 2.95. The first-order valence-corrected chi connectivity index (χ1v) is 8.74. The number of benzene rings is 1. The van der Waals surface area contributed by atoms with Gasteiger partial charge in [-0.25, -0.2) is 8.42 Å². The maximum Gasteiger partial charge on any atom is 0.244 e. The van der Waals surface area contributed by atoms with Crippen molar-refractivity contribution in [1.29, 1.82) is 0 Å². The first-order valence-electron chi connectivity index (χ1n) is 6.47. The highest BCUT2D eigenvalue weighted by Gasteiger charge is 2.44. The van der Waals surface area contributed by atoms with Crippen LogP contribution >= 0.6 is 11.6 Å². The van der Waals surface area contributed by atoms with Crippen molar-refractivity contribution in [3.05, 3.63) is 23.2 Å². The van der Waals surface area contributed by atoms with Gasteiger partial charge in [-0.2, -0.15) is 0 Å². The van der Waals surface area contributed by atoms with Crippen LogP contribution in [0.4, 0.5) is 11.4 Å². The largest absolute Gasteiger partial charge is 0.324 e. The molecule has 0 aromatic heterocycles. The van der Waals surface area contributed by atoms with E-state index in [0.29, 0.717) is 5.69 Å². The second kappa shape index (κ2) is 5.47. The van der Waals surface area contributed by atoms with Crippen LogP contribution in [0.3, 0.4) is 0 Å². The molecule has 0 spiro atoms. The van der Waals surface area contributed by atoms with Crippen molar-refractivity contribution in [2.24, 2.45) is 11.7 Å². The van der Waals surface area contributed by atoms with Gasteiger partial charge in [0.1, 0.15) is 0 Å². The fourth-order valence-corrected chi connectivity index (χ4v) is 2.87. The van der Waals surface area contributed by atoms with Crippen molar-refractivity contribution in [3.63, 3.8) is 0 Å². The SMILES string of the molecule is CC(N)(C(=O)Nc1ccc(NS(C)(=O)=O)c(Cl)c1)C1CC1. The second-order valence-corrected chi connectivity index (χ2v) is 7.74. The van der Waals surface area contributed by atoms with Crippen LogP contribution in [0.1, 0.15) is 19.8 Å². The molecule has 1 saturated carbocycles. The first kappa shape index (κ1) is 16.1. The molecule has 0 saturated heterocycles. The molecule has 0 heterocycles. The molecule has 4 N–H and O–H groups in total. The van der Waals surface area contributed by atoms with Gasteiger partial charge in [-0.3, -0.25) is 9.52 Å². The molecule has 116 valence electrons. The van der Waals surface area contributed by atoms with Crippen LogP contribution in [0.2, 0.25) is 5.02 Å². The highest BCUT2D eigenvalue weighted by Crippen LogP contribution is 2.38. The maximum atomic E-state index is 12.1. The van der Waals surface area contributed by atoms with Gasteiger partial charge >= 0.3 is 0 Å². The van der Waals surface area contributed by atoms with Crippen LogP contribution in [0, 0.1) is 5.92 Å². The monoisotopic (exact) mass is 331 g/mol. The van der Waals surface area contributed by atoms with Crippen molar-refractivity contribution in [1.82, 2.24) is 0 Å². The van der Waals surface area contributed by atoms with Gasteiger partial charge < -0.3 is 11.1 Å². The lowest BCUT2D eigenvalue weighted by molar-refractivity contribution is -0.121. The zero-order valence-electron chi connectivity index (χ0n) is 11.8. The Hall–Kier alpha value is -1.31. The molecule has 0 aliphatic heterocycles. The van der Waals surface area contributed by atoms with Crippen molar-refractivity contribution >= 4 is 38.9 Å². The zero-order chi connectivity index (χ0) is 15.8. The molecule has 1 atom stereocenters. The Kier molecular flexibility index (Phi) is 4.19. The fraction of sp³-hybridized carbons (Fsp3) is 0.462. The second-order valence-electron chi connectivity index (χ2n) is 5.58. The highest BCUT2D eigenvalue weighted by molar-refractivity contribution is 7.92. The molecule has 0 radical (unpaired) electrons. The van der Waals surface area contributed by atoms with Gasteiger partial charge in [-0.15, -0.1) is 0 Å². The van der Waals surface area contributed by atoms with Gasteiger partial charge in [0.25, 0.3) is 0 Å². The molecule has 8 heteroatoms. The molecular formula is C13H18ClN3O3S. The normalized spacial score (nSPS) is 17.9. The number of sulfonamides is 1. The summed E-state index contributed by atoms with van der Waals surface area (Å²) in [6.45, 7) is 1.71. The number of halogens is 1. The Bertz CT molecular complexity index is 669. The third kappa shape index (κ3) is 4.09. The van der Waals surface area contributed by atoms with E-state index in [4.69, 9.17) is 17.3 Å². The van der Waals surface area contributed by atoms with Gasteiger partial charge in [-0.1, -0.05) is 11.6 Å². The predicted molar refractivity (Wildman–Crippen MR) is 83.9 cm³/mol. The van der Waals surface area contributed by atoms with Crippen LogP contribution < -0.4 is 15.8 Å². The van der Waals surface area contributed by atoms with E-state index in [0.717, 1.165) is 19.1 Å². The summed E-state index contributed by atoms with van der Waals surface area (Å²) in [4.78, 5) is 12.1. The number of carbonyl (C=O) groups is 1. The topological polar surface area (TPSA) is 101 Å². The van der Waals surface area contributed by atoms with Crippen LogP contribution in [-0.4, -0.2) is 26.1 Å². The Balaban J connectivity index is 2.11. The van der Waals surface area contributed by atoms with E-state index < -0.39 is 15.6 Å². The molecule has 1 aliphatic carbocycles. The molecule has 1 unspecified atom stereocenters. The fourth-order valence-electron chi connectivity index (χ4n) is 2.01. The molecule has 0 bridgehead atoms. The van der Waals surface area contributed by atoms with Gasteiger partial charge in [0, 0.05) is 5.69 Å². The lowest BCUT2D eigenvalue weighted by Crippen LogP contribution is -2.50.